The predicted octanol–water partition coefficient (Wildman–Crippen LogP) is 1.52. The molecule has 1 rings (SSSR count). The maximum atomic E-state index is 5.62. The molecule has 0 saturated heterocycles. The summed E-state index contributed by atoms with van der Waals surface area (Å²) < 4.78 is 11.1. The Morgan fingerprint density at radius 3 is 2.94 bits per heavy atom. The minimum Gasteiger partial charge on any atom is -0.492 e. The summed E-state index contributed by atoms with van der Waals surface area (Å²) in [4.78, 5) is 4.15. The first-order valence-corrected chi connectivity index (χ1v) is 5.64. The molecule has 0 aliphatic heterocycles. The molecule has 0 aromatic carbocycles. The molecule has 0 aliphatic rings. The number of aromatic nitrogens is 1. The molecule has 16 heavy (non-hydrogen) atoms. The van der Waals surface area contributed by atoms with Gasteiger partial charge in [0.2, 0.25) is 0 Å². The van der Waals surface area contributed by atoms with Crippen molar-refractivity contribution >= 4 is 0 Å². The lowest BCUT2D eigenvalue weighted by Crippen LogP contribution is -2.25. The molecule has 1 aromatic heterocycles. The van der Waals surface area contributed by atoms with E-state index >= 15 is 0 Å². The second-order valence-corrected chi connectivity index (χ2v) is 3.54. The molecule has 0 amide bonds. The summed E-state index contributed by atoms with van der Waals surface area (Å²) in [7, 11) is 0. The smallest absolute Gasteiger partial charge is 0.140 e. The van der Waals surface area contributed by atoms with Gasteiger partial charge in [0.1, 0.15) is 5.75 Å². The van der Waals surface area contributed by atoms with Crippen LogP contribution in [0.5, 0.6) is 5.75 Å². The van der Waals surface area contributed by atoms with Crippen LogP contribution >= 0.6 is 0 Å². The van der Waals surface area contributed by atoms with Gasteiger partial charge >= 0.3 is 0 Å². The quantitative estimate of drug-likeness (QED) is 0.763. The molecule has 2 N–H and O–H groups in total. The molecule has 1 unspecified atom stereocenters. The van der Waals surface area contributed by atoms with Crippen LogP contribution in [0.15, 0.2) is 18.3 Å². The van der Waals surface area contributed by atoms with Gasteiger partial charge in [0.05, 0.1) is 18.4 Å². The van der Waals surface area contributed by atoms with E-state index in [2.05, 4.69) is 4.98 Å². The van der Waals surface area contributed by atoms with Crippen LogP contribution in [0.25, 0.3) is 0 Å². The van der Waals surface area contributed by atoms with Crippen molar-refractivity contribution in [2.24, 2.45) is 5.73 Å². The van der Waals surface area contributed by atoms with Crippen molar-refractivity contribution in [3.05, 3.63) is 24.0 Å². The van der Waals surface area contributed by atoms with E-state index in [1.54, 1.807) is 6.20 Å². The lowest BCUT2D eigenvalue weighted by Gasteiger charge is -2.15. The average Bonchev–Trinajstić information content (AvgIpc) is 2.30. The molecule has 90 valence electrons. The normalized spacial score (nSPS) is 12.4. The van der Waals surface area contributed by atoms with E-state index in [4.69, 9.17) is 15.2 Å². The predicted molar refractivity (Wildman–Crippen MR) is 63.6 cm³/mol. The van der Waals surface area contributed by atoms with Gasteiger partial charge in [0.15, 0.2) is 0 Å². The Labute approximate surface area is 96.8 Å². The molecular weight excluding hydrogens is 204 g/mol. The molecule has 1 aromatic rings. The number of pyridine rings is 1. The number of hydrogen-bond acceptors (Lipinski definition) is 4. The third-order valence-electron chi connectivity index (χ3n) is 2.32. The van der Waals surface area contributed by atoms with Gasteiger partial charge in [0, 0.05) is 25.8 Å². The average molecular weight is 224 g/mol. The minimum atomic E-state index is 0.0852. The van der Waals surface area contributed by atoms with Crippen molar-refractivity contribution in [2.75, 3.05) is 19.8 Å². The highest BCUT2D eigenvalue weighted by Crippen LogP contribution is 2.14. The van der Waals surface area contributed by atoms with Gasteiger partial charge < -0.3 is 15.2 Å². The Kier molecular flexibility index (Phi) is 5.82. The second kappa shape index (κ2) is 7.19. The van der Waals surface area contributed by atoms with Crippen molar-refractivity contribution in [2.45, 2.75) is 26.4 Å². The third-order valence-corrected chi connectivity index (χ3v) is 2.32. The van der Waals surface area contributed by atoms with Crippen LogP contribution in [-0.2, 0) is 4.74 Å². The lowest BCUT2D eigenvalue weighted by molar-refractivity contribution is 0.0526. The van der Waals surface area contributed by atoms with Gasteiger partial charge in [-0.2, -0.15) is 0 Å². The molecule has 0 spiro atoms. The van der Waals surface area contributed by atoms with E-state index in [0.29, 0.717) is 19.8 Å². The molecule has 0 bridgehead atoms. The first-order chi connectivity index (χ1) is 7.77. The molecule has 4 heteroatoms. The van der Waals surface area contributed by atoms with Crippen molar-refractivity contribution in [3.8, 4) is 5.75 Å². The van der Waals surface area contributed by atoms with Gasteiger partial charge in [-0.1, -0.05) is 0 Å². The summed E-state index contributed by atoms with van der Waals surface area (Å²) in [5.41, 5.74) is 6.48. The molecule has 0 saturated carbocycles. The number of rotatable bonds is 7. The minimum absolute atomic E-state index is 0.0852. The van der Waals surface area contributed by atoms with E-state index in [0.717, 1.165) is 17.9 Å². The number of nitrogens with zero attached hydrogens (tertiary/aromatic N) is 1. The fourth-order valence-corrected chi connectivity index (χ4v) is 1.43. The molecular formula is C12H20N2O2. The van der Waals surface area contributed by atoms with Crippen molar-refractivity contribution in [3.63, 3.8) is 0 Å². The molecule has 0 aliphatic carbocycles. The first kappa shape index (κ1) is 12.9. The standard InChI is InChI=1S/C12H20N2O2/c1-3-15-11(9-13)6-8-16-12-5-4-7-14-10(12)2/h4-5,7,11H,3,6,8-9,13H2,1-2H3. The van der Waals surface area contributed by atoms with Crippen molar-refractivity contribution in [1.82, 2.24) is 4.98 Å². The first-order valence-electron chi connectivity index (χ1n) is 5.64. The highest BCUT2D eigenvalue weighted by molar-refractivity contribution is 5.25. The zero-order valence-electron chi connectivity index (χ0n) is 9.98. The summed E-state index contributed by atoms with van der Waals surface area (Å²) in [5.74, 6) is 0.828. The van der Waals surface area contributed by atoms with E-state index in [-0.39, 0.29) is 6.10 Å². The van der Waals surface area contributed by atoms with Gasteiger partial charge in [-0.05, 0) is 26.0 Å². The summed E-state index contributed by atoms with van der Waals surface area (Å²) in [6.45, 7) is 5.72. The zero-order valence-corrected chi connectivity index (χ0v) is 9.98. The van der Waals surface area contributed by atoms with Crippen LogP contribution in [0.4, 0.5) is 0 Å². The Hall–Kier alpha value is -1.13. The fraction of sp³-hybridized carbons (Fsp3) is 0.583. The molecule has 1 heterocycles. The number of nitrogens with two attached hydrogens (primary N) is 1. The Morgan fingerprint density at radius 1 is 1.50 bits per heavy atom. The number of hydrogen-bond donors (Lipinski definition) is 1. The van der Waals surface area contributed by atoms with Crippen LogP contribution in [0.2, 0.25) is 0 Å². The maximum absolute atomic E-state index is 5.62. The molecule has 0 fully saturated rings. The maximum Gasteiger partial charge on any atom is 0.140 e. The second-order valence-electron chi connectivity index (χ2n) is 3.54. The summed E-state index contributed by atoms with van der Waals surface area (Å²) >= 11 is 0. The van der Waals surface area contributed by atoms with Gasteiger partial charge in [-0.3, -0.25) is 4.98 Å². The van der Waals surface area contributed by atoms with E-state index in [1.165, 1.54) is 0 Å². The zero-order chi connectivity index (χ0) is 11.8. The van der Waals surface area contributed by atoms with Gasteiger partial charge in [-0.25, -0.2) is 0 Å². The largest absolute Gasteiger partial charge is 0.492 e. The lowest BCUT2D eigenvalue weighted by atomic mass is 10.2. The SMILES string of the molecule is CCOC(CN)CCOc1cccnc1C. The van der Waals surface area contributed by atoms with Crippen LogP contribution in [0.1, 0.15) is 19.0 Å². The van der Waals surface area contributed by atoms with Crippen molar-refractivity contribution < 1.29 is 9.47 Å². The molecule has 4 nitrogen and oxygen atoms in total. The fourth-order valence-electron chi connectivity index (χ4n) is 1.43. The van der Waals surface area contributed by atoms with Crippen LogP contribution < -0.4 is 10.5 Å². The highest BCUT2D eigenvalue weighted by Gasteiger charge is 2.06. The third kappa shape index (κ3) is 4.16. The van der Waals surface area contributed by atoms with Crippen molar-refractivity contribution in [1.29, 1.82) is 0 Å². The Morgan fingerprint density at radius 2 is 2.31 bits per heavy atom. The number of aryl methyl sites for hydroxylation is 1. The van der Waals surface area contributed by atoms with E-state index < -0.39 is 0 Å². The van der Waals surface area contributed by atoms with Crippen LogP contribution in [0.3, 0.4) is 0 Å². The van der Waals surface area contributed by atoms with Crippen LogP contribution in [0, 0.1) is 6.92 Å². The Bertz CT molecular complexity index is 305. The number of ether oxygens (including phenoxy) is 2. The topological polar surface area (TPSA) is 57.4 Å². The van der Waals surface area contributed by atoms with E-state index in [1.807, 2.05) is 26.0 Å². The van der Waals surface area contributed by atoms with Gasteiger partial charge in [0.25, 0.3) is 0 Å². The summed E-state index contributed by atoms with van der Waals surface area (Å²) in [6, 6.07) is 3.78. The van der Waals surface area contributed by atoms with Gasteiger partial charge in [-0.15, -0.1) is 0 Å². The Balaban J connectivity index is 2.32. The van der Waals surface area contributed by atoms with Crippen LogP contribution in [-0.4, -0.2) is 30.8 Å². The summed E-state index contributed by atoms with van der Waals surface area (Å²) in [6.07, 6.45) is 2.64. The van der Waals surface area contributed by atoms with E-state index in [9.17, 15) is 0 Å². The summed E-state index contributed by atoms with van der Waals surface area (Å²) in [5, 5.41) is 0. The highest BCUT2D eigenvalue weighted by atomic mass is 16.5. The monoisotopic (exact) mass is 224 g/mol. The molecule has 0 radical (unpaired) electrons. The molecule has 1 atom stereocenters.